The van der Waals surface area contributed by atoms with Crippen molar-refractivity contribution in [3.63, 3.8) is 0 Å². The number of hydrogen-bond donors (Lipinski definition) is 1. The first-order chi connectivity index (χ1) is 9.10. The standard InChI is InChI=1S/C13H19N3O3/c1-9-7-16(8-10(2)19-9)13(17)15-11-5-4-6-14-12(11)18-3/h4-6,9-10H,7-8H2,1-3H3,(H,15,17)/t9-,10-/m1/s1. The van der Waals surface area contributed by atoms with Gasteiger partial charge in [0.1, 0.15) is 5.69 Å². The second-order valence-corrected chi connectivity index (χ2v) is 4.65. The quantitative estimate of drug-likeness (QED) is 0.884. The van der Waals surface area contributed by atoms with Gasteiger partial charge < -0.3 is 19.7 Å². The number of aromatic nitrogens is 1. The molecule has 0 saturated carbocycles. The molecule has 19 heavy (non-hydrogen) atoms. The molecule has 0 bridgehead atoms. The first kappa shape index (κ1) is 13.6. The first-order valence-corrected chi connectivity index (χ1v) is 6.30. The molecular weight excluding hydrogens is 246 g/mol. The van der Waals surface area contributed by atoms with Crippen LogP contribution < -0.4 is 10.1 Å². The molecule has 1 N–H and O–H groups in total. The number of pyridine rings is 1. The van der Waals surface area contributed by atoms with Crippen molar-refractivity contribution in [2.75, 3.05) is 25.5 Å². The maximum atomic E-state index is 12.2. The number of nitrogens with one attached hydrogen (secondary N) is 1. The fraction of sp³-hybridized carbons (Fsp3) is 0.538. The summed E-state index contributed by atoms with van der Waals surface area (Å²) in [7, 11) is 1.52. The van der Waals surface area contributed by atoms with Gasteiger partial charge in [-0.2, -0.15) is 0 Å². The Hall–Kier alpha value is -1.82. The van der Waals surface area contributed by atoms with Crippen LogP contribution in [0.5, 0.6) is 5.88 Å². The van der Waals surface area contributed by atoms with Crippen LogP contribution in [0.25, 0.3) is 0 Å². The molecule has 2 rings (SSSR count). The summed E-state index contributed by atoms with van der Waals surface area (Å²) in [4.78, 5) is 18.0. The zero-order chi connectivity index (χ0) is 13.8. The zero-order valence-corrected chi connectivity index (χ0v) is 11.4. The van der Waals surface area contributed by atoms with Crippen molar-refractivity contribution >= 4 is 11.7 Å². The minimum absolute atomic E-state index is 0.0466. The fourth-order valence-corrected chi connectivity index (χ4v) is 2.19. The van der Waals surface area contributed by atoms with Crippen molar-refractivity contribution < 1.29 is 14.3 Å². The lowest BCUT2D eigenvalue weighted by molar-refractivity contribution is -0.0530. The molecule has 104 valence electrons. The van der Waals surface area contributed by atoms with Crippen molar-refractivity contribution in [2.24, 2.45) is 0 Å². The number of amides is 2. The van der Waals surface area contributed by atoms with Gasteiger partial charge in [0, 0.05) is 19.3 Å². The third-order valence-corrected chi connectivity index (χ3v) is 2.91. The Morgan fingerprint density at radius 3 is 2.79 bits per heavy atom. The van der Waals surface area contributed by atoms with E-state index < -0.39 is 0 Å². The van der Waals surface area contributed by atoms with Crippen LogP contribution in [-0.2, 0) is 4.74 Å². The van der Waals surface area contributed by atoms with Crippen molar-refractivity contribution in [1.29, 1.82) is 0 Å². The van der Waals surface area contributed by atoms with Gasteiger partial charge in [-0.25, -0.2) is 9.78 Å². The Labute approximate surface area is 112 Å². The number of carbonyl (C=O) groups excluding carboxylic acids is 1. The average Bonchev–Trinajstić information content (AvgIpc) is 2.38. The highest BCUT2D eigenvalue weighted by Crippen LogP contribution is 2.21. The van der Waals surface area contributed by atoms with Gasteiger partial charge >= 0.3 is 6.03 Å². The Bertz CT molecular complexity index is 443. The molecule has 0 radical (unpaired) electrons. The van der Waals surface area contributed by atoms with Gasteiger partial charge in [0.05, 0.1) is 19.3 Å². The number of rotatable bonds is 2. The van der Waals surface area contributed by atoms with Gasteiger partial charge in [0.15, 0.2) is 0 Å². The van der Waals surface area contributed by atoms with E-state index in [0.717, 1.165) is 0 Å². The van der Waals surface area contributed by atoms with Crippen LogP contribution in [-0.4, -0.2) is 48.3 Å². The molecule has 1 aromatic heterocycles. The molecule has 1 aliphatic heterocycles. The summed E-state index contributed by atoms with van der Waals surface area (Å²) in [6, 6.07) is 3.35. The lowest BCUT2D eigenvalue weighted by Gasteiger charge is -2.35. The third kappa shape index (κ3) is 3.35. The predicted octanol–water partition coefficient (Wildman–Crippen LogP) is 1.73. The highest BCUT2D eigenvalue weighted by atomic mass is 16.5. The summed E-state index contributed by atoms with van der Waals surface area (Å²) in [5.41, 5.74) is 0.571. The molecule has 0 aromatic carbocycles. The molecule has 2 atom stereocenters. The molecule has 2 heterocycles. The molecular formula is C13H19N3O3. The van der Waals surface area contributed by atoms with Crippen LogP contribution in [0.3, 0.4) is 0 Å². The van der Waals surface area contributed by atoms with Crippen LogP contribution in [0, 0.1) is 0 Å². The lowest BCUT2D eigenvalue weighted by atomic mass is 10.2. The molecule has 2 amide bonds. The summed E-state index contributed by atoms with van der Waals surface area (Å²) in [5.74, 6) is 0.408. The van der Waals surface area contributed by atoms with Gasteiger partial charge in [-0.15, -0.1) is 0 Å². The topological polar surface area (TPSA) is 63.7 Å². The fourth-order valence-electron chi connectivity index (χ4n) is 2.19. The maximum absolute atomic E-state index is 12.2. The van der Waals surface area contributed by atoms with E-state index in [2.05, 4.69) is 10.3 Å². The molecule has 1 fully saturated rings. The molecule has 0 spiro atoms. The van der Waals surface area contributed by atoms with Crippen molar-refractivity contribution in [1.82, 2.24) is 9.88 Å². The number of ether oxygens (including phenoxy) is 2. The van der Waals surface area contributed by atoms with Gasteiger partial charge in [-0.1, -0.05) is 0 Å². The zero-order valence-electron chi connectivity index (χ0n) is 11.4. The van der Waals surface area contributed by atoms with E-state index in [9.17, 15) is 4.79 Å². The highest BCUT2D eigenvalue weighted by Gasteiger charge is 2.26. The monoisotopic (exact) mass is 265 g/mol. The number of anilines is 1. The minimum atomic E-state index is -0.159. The molecule has 0 aliphatic carbocycles. The van der Waals surface area contributed by atoms with Crippen molar-refractivity contribution in [3.05, 3.63) is 18.3 Å². The largest absolute Gasteiger partial charge is 0.480 e. The van der Waals surface area contributed by atoms with E-state index in [-0.39, 0.29) is 18.2 Å². The highest BCUT2D eigenvalue weighted by molar-refractivity contribution is 5.90. The number of carbonyl (C=O) groups is 1. The summed E-state index contributed by atoms with van der Waals surface area (Å²) >= 11 is 0. The molecule has 6 nitrogen and oxygen atoms in total. The van der Waals surface area contributed by atoms with Gasteiger partial charge in [0.2, 0.25) is 5.88 Å². The van der Waals surface area contributed by atoms with Crippen LogP contribution in [0.15, 0.2) is 18.3 Å². The average molecular weight is 265 g/mol. The van der Waals surface area contributed by atoms with Crippen molar-refractivity contribution in [2.45, 2.75) is 26.1 Å². The van der Waals surface area contributed by atoms with E-state index in [1.165, 1.54) is 7.11 Å². The van der Waals surface area contributed by atoms with Crippen molar-refractivity contribution in [3.8, 4) is 5.88 Å². The Balaban J connectivity index is 2.04. The lowest BCUT2D eigenvalue weighted by Crippen LogP contribution is -2.49. The van der Waals surface area contributed by atoms with E-state index in [1.54, 1.807) is 23.2 Å². The third-order valence-electron chi connectivity index (χ3n) is 2.91. The van der Waals surface area contributed by atoms with E-state index in [4.69, 9.17) is 9.47 Å². The summed E-state index contributed by atoms with van der Waals surface area (Å²) in [5, 5.41) is 2.82. The first-order valence-electron chi connectivity index (χ1n) is 6.30. The summed E-state index contributed by atoms with van der Waals surface area (Å²) in [6.45, 7) is 5.08. The van der Waals surface area contributed by atoms with Crippen LogP contribution >= 0.6 is 0 Å². The number of urea groups is 1. The normalized spacial score (nSPS) is 23.0. The van der Waals surface area contributed by atoms with E-state index in [1.807, 2.05) is 13.8 Å². The van der Waals surface area contributed by atoms with E-state index >= 15 is 0 Å². The SMILES string of the molecule is COc1ncccc1NC(=O)N1C[C@@H](C)O[C@H](C)C1. The van der Waals surface area contributed by atoms with Gasteiger partial charge in [-0.05, 0) is 26.0 Å². The number of hydrogen-bond acceptors (Lipinski definition) is 4. The molecule has 1 aliphatic rings. The number of morpholine rings is 1. The second-order valence-electron chi connectivity index (χ2n) is 4.65. The Morgan fingerprint density at radius 1 is 1.47 bits per heavy atom. The summed E-state index contributed by atoms with van der Waals surface area (Å²) < 4.78 is 10.7. The smallest absolute Gasteiger partial charge is 0.322 e. The molecule has 0 unspecified atom stereocenters. The molecule has 6 heteroatoms. The van der Waals surface area contributed by atoms with E-state index in [0.29, 0.717) is 24.7 Å². The molecule has 1 aromatic rings. The predicted molar refractivity (Wildman–Crippen MR) is 71.4 cm³/mol. The van der Waals surface area contributed by atoms with Crippen LogP contribution in [0.1, 0.15) is 13.8 Å². The number of nitrogens with zero attached hydrogens (tertiary/aromatic N) is 2. The van der Waals surface area contributed by atoms with Gasteiger partial charge in [0.25, 0.3) is 0 Å². The van der Waals surface area contributed by atoms with Crippen LogP contribution in [0.2, 0.25) is 0 Å². The second kappa shape index (κ2) is 5.88. The maximum Gasteiger partial charge on any atom is 0.322 e. The Kier molecular flexibility index (Phi) is 4.21. The van der Waals surface area contributed by atoms with Crippen LogP contribution in [0.4, 0.5) is 10.5 Å². The number of methoxy groups -OCH3 is 1. The minimum Gasteiger partial charge on any atom is -0.480 e. The Morgan fingerprint density at radius 2 is 2.16 bits per heavy atom. The van der Waals surface area contributed by atoms with Gasteiger partial charge in [-0.3, -0.25) is 0 Å². The summed E-state index contributed by atoms with van der Waals surface area (Å²) in [6.07, 6.45) is 1.71. The molecule has 1 saturated heterocycles.